The highest BCUT2D eigenvalue weighted by molar-refractivity contribution is 8.26. The fraction of sp³-hybridized carbons (Fsp3) is 0.267. The summed E-state index contributed by atoms with van der Waals surface area (Å²) in [5, 5.41) is 8.73. The van der Waals surface area contributed by atoms with Gasteiger partial charge in [0.2, 0.25) is 0 Å². The van der Waals surface area contributed by atoms with E-state index in [1.54, 1.807) is 38.5 Å². The zero-order valence-electron chi connectivity index (χ0n) is 12.6. The van der Waals surface area contributed by atoms with Crippen molar-refractivity contribution in [2.24, 2.45) is 0 Å². The predicted molar refractivity (Wildman–Crippen MR) is 91.7 cm³/mol. The molecule has 1 aromatic rings. The average molecular weight is 353 g/mol. The Balaban J connectivity index is 2.25. The van der Waals surface area contributed by atoms with Gasteiger partial charge in [-0.3, -0.25) is 14.5 Å². The fourth-order valence-electron chi connectivity index (χ4n) is 1.96. The normalized spacial score (nSPS) is 16.1. The molecule has 1 amide bonds. The van der Waals surface area contributed by atoms with Crippen molar-refractivity contribution in [3.63, 3.8) is 0 Å². The van der Waals surface area contributed by atoms with Crippen molar-refractivity contribution in [1.29, 1.82) is 0 Å². The van der Waals surface area contributed by atoms with Crippen LogP contribution >= 0.6 is 24.0 Å². The maximum absolute atomic E-state index is 12.3. The second-order valence-corrected chi connectivity index (χ2v) is 6.30. The molecule has 0 atom stereocenters. The molecule has 1 aliphatic heterocycles. The molecule has 1 N–H and O–H groups in total. The number of carboxylic acids is 1. The number of thioether (sulfide) groups is 1. The van der Waals surface area contributed by atoms with Gasteiger partial charge in [-0.2, -0.15) is 0 Å². The van der Waals surface area contributed by atoms with Gasteiger partial charge in [0.15, 0.2) is 0 Å². The van der Waals surface area contributed by atoms with Crippen molar-refractivity contribution in [1.82, 2.24) is 4.90 Å². The molecule has 1 aromatic carbocycles. The number of methoxy groups -OCH3 is 2. The Bertz CT molecular complexity index is 664. The molecule has 1 saturated heterocycles. The van der Waals surface area contributed by atoms with Crippen LogP contribution in [-0.4, -0.2) is 47.0 Å². The van der Waals surface area contributed by atoms with Gasteiger partial charge in [-0.25, -0.2) is 0 Å². The number of ether oxygens (including phenoxy) is 2. The van der Waals surface area contributed by atoms with E-state index >= 15 is 0 Å². The number of amides is 1. The fourth-order valence-corrected chi connectivity index (χ4v) is 3.27. The van der Waals surface area contributed by atoms with Crippen molar-refractivity contribution >= 4 is 46.3 Å². The van der Waals surface area contributed by atoms with Gasteiger partial charge in [0.1, 0.15) is 15.8 Å². The van der Waals surface area contributed by atoms with E-state index in [0.29, 0.717) is 20.7 Å². The molecule has 0 aromatic heterocycles. The van der Waals surface area contributed by atoms with Crippen molar-refractivity contribution in [2.75, 3.05) is 20.8 Å². The van der Waals surface area contributed by atoms with Gasteiger partial charge in [-0.05, 0) is 23.8 Å². The molecular formula is C15H15NO5S2. The van der Waals surface area contributed by atoms with Crippen LogP contribution in [0, 0.1) is 0 Å². The van der Waals surface area contributed by atoms with Gasteiger partial charge in [0.05, 0.1) is 25.5 Å². The number of rotatable bonds is 6. The van der Waals surface area contributed by atoms with E-state index in [1.807, 2.05) is 0 Å². The average Bonchev–Trinajstić information content (AvgIpc) is 2.78. The van der Waals surface area contributed by atoms with Crippen LogP contribution in [0.2, 0.25) is 0 Å². The number of carbonyl (C=O) groups excluding carboxylic acids is 1. The third-order valence-electron chi connectivity index (χ3n) is 3.09. The number of benzene rings is 1. The van der Waals surface area contributed by atoms with Gasteiger partial charge >= 0.3 is 5.97 Å². The van der Waals surface area contributed by atoms with Gasteiger partial charge in [-0.1, -0.05) is 24.0 Å². The summed E-state index contributed by atoms with van der Waals surface area (Å²) in [6.07, 6.45) is 1.54. The maximum atomic E-state index is 12.3. The molecule has 0 bridgehead atoms. The quantitative estimate of drug-likeness (QED) is 0.621. The summed E-state index contributed by atoms with van der Waals surface area (Å²) in [5.74, 6) is -0.0440. The molecule has 0 saturated carbocycles. The zero-order chi connectivity index (χ0) is 17.0. The first-order chi connectivity index (χ1) is 10.9. The van der Waals surface area contributed by atoms with Crippen LogP contribution in [0.5, 0.6) is 11.5 Å². The van der Waals surface area contributed by atoms with Gasteiger partial charge in [-0.15, -0.1) is 0 Å². The summed E-state index contributed by atoms with van der Waals surface area (Å²) in [6.45, 7) is 0.0682. The van der Waals surface area contributed by atoms with Gasteiger partial charge < -0.3 is 14.6 Å². The number of hydrogen-bond donors (Lipinski definition) is 1. The Morgan fingerprint density at radius 1 is 1.30 bits per heavy atom. The Morgan fingerprint density at radius 3 is 2.43 bits per heavy atom. The number of thiocarbonyl (C=S) groups is 1. The molecule has 8 heteroatoms. The van der Waals surface area contributed by atoms with E-state index in [-0.39, 0.29) is 18.9 Å². The van der Waals surface area contributed by atoms with Crippen LogP contribution in [0.4, 0.5) is 0 Å². The largest absolute Gasteiger partial charge is 0.497 e. The Labute approximate surface area is 143 Å². The van der Waals surface area contributed by atoms with E-state index in [1.165, 1.54) is 4.90 Å². The van der Waals surface area contributed by atoms with Crippen molar-refractivity contribution in [2.45, 2.75) is 6.42 Å². The smallest absolute Gasteiger partial charge is 0.305 e. The van der Waals surface area contributed by atoms with Gasteiger partial charge in [0.25, 0.3) is 5.91 Å². The first kappa shape index (κ1) is 17.3. The molecule has 1 fully saturated rings. The van der Waals surface area contributed by atoms with E-state index in [9.17, 15) is 9.59 Å². The zero-order valence-corrected chi connectivity index (χ0v) is 14.2. The van der Waals surface area contributed by atoms with Crippen LogP contribution in [-0.2, 0) is 9.59 Å². The van der Waals surface area contributed by atoms with Crippen LogP contribution in [0.3, 0.4) is 0 Å². The van der Waals surface area contributed by atoms with Crippen LogP contribution < -0.4 is 9.47 Å². The number of carboxylic acid groups (broad SMARTS) is 1. The first-order valence-corrected chi connectivity index (χ1v) is 7.87. The minimum Gasteiger partial charge on any atom is -0.497 e. The lowest BCUT2D eigenvalue weighted by atomic mass is 10.2. The minimum absolute atomic E-state index is 0.0682. The number of nitrogens with zero attached hydrogens (tertiary/aromatic N) is 1. The Kier molecular flexibility index (Phi) is 5.62. The summed E-state index contributed by atoms with van der Waals surface area (Å²) in [7, 11) is 3.09. The van der Waals surface area contributed by atoms with E-state index in [4.69, 9.17) is 26.8 Å². The number of carbonyl (C=O) groups is 2. The van der Waals surface area contributed by atoms with Crippen LogP contribution in [0.1, 0.15) is 12.0 Å². The van der Waals surface area contributed by atoms with Crippen molar-refractivity contribution < 1.29 is 24.2 Å². The minimum atomic E-state index is -0.972. The summed E-state index contributed by atoms with van der Waals surface area (Å²) in [6, 6.07) is 5.27. The molecule has 122 valence electrons. The molecular weight excluding hydrogens is 338 g/mol. The topological polar surface area (TPSA) is 76.1 Å². The maximum Gasteiger partial charge on any atom is 0.305 e. The number of aliphatic carboxylic acids is 1. The van der Waals surface area contributed by atoms with Crippen molar-refractivity contribution in [3.05, 3.63) is 28.7 Å². The third kappa shape index (κ3) is 4.23. The summed E-state index contributed by atoms with van der Waals surface area (Å²) in [5.41, 5.74) is 0.736. The molecule has 0 spiro atoms. The van der Waals surface area contributed by atoms with E-state index in [2.05, 4.69) is 0 Å². The second kappa shape index (κ2) is 7.47. The molecule has 1 heterocycles. The molecule has 0 unspecified atom stereocenters. The summed E-state index contributed by atoms with van der Waals surface area (Å²) in [4.78, 5) is 24.7. The highest BCUT2D eigenvalue weighted by Gasteiger charge is 2.32. The molecule has 1 aliphatic rings. The number of hydrogen-bond acceptors (Lipinski definition) is 6. The highest BCUT2D eigenvalue weighted by atomic mass is 32.2. The van der Waals surface area contributed by atoms with Crippen molar-refractivity contribution in [3.8, 4) is 11.5 Å². The summed E-state index contributed by atoms with van der Waals surface area (Å²) < 4.78 is 10.7. The van der Waals surface area contributed by atoms with Gasteiger partial charge in [0, 0.05) is 12.6 Å². The lowest BCUT2D eigenvalue weighted by Gasteiger charge is -2.12. The molecule has 0 radical (unpaired) electrons. The lowest BCUT2D eigenvalue weighted by Crippen LogP contribution is -2.30. The molecule has 23 heavy (non-hydrogen) atoms. The first-order valence-electron chi connectivity index (χ1n) is 6.65. The predicted octanol–water partition coefficient (Wildman–Crippen LogP) is 2.38. The lowest BCUT2D eigenvalue weighted by molar-refractivity contribution is -0.137. The van der Waals surface area contributed by atoms with Crippen LogP contribution in [0.25, 0.3) is 6.08 Å². The summed E-state index contributed by atoms with van der Waals surface area (Å²) >= 11 is 6.29. The van der Waals surface area contributed by atoms with E-state index < -0.39 is 5.97 Å². The SMILES string of the molecule is COc1cc(/C=C2/SC(=S)N(CCC(=O)O)C2=O)cc(OC)c1. The third-order valence-corrected chi connectivity index (χ3v) is 4.47. The van der Waals surface area contributed by atoms with E-state index in [0.717, 1.165) is 17.3 Å². The highest BCUT2D eigenvalue weighted by Crippen LogP contribution is 2.34. The van der Waals surface area contributed by atoms with Crippen LogP contribution in [0.15, 0.2) is 23.1 Å². The Hall–Kier alpha value is -2.06. The molecule has 6 nitrogen and oxygen atoms in total. The molecule has 0 aliphatic carbocycles. The second-order valence-electron chi connectivity index (χ2n) is 4.62. The molecule has 2 rings (SSSR count). The Morgan fingerprint density at radius 2 is 1.91 bits per heavy atom. The standard InChI is InChI=1S/C15H15NO5S2/c1-20-10-5-9(6-11(8-10)21-2)7-12-14(19)16(15(22)23-12)4-3-13(17)18/h5-8H,3-4H2,1-2H3,(H,17,18)/b12-7+. The monoisotopic (exact) mass is 353 g/mol.